The molecule has 0 aromatic carbocycles. The van der Waals surface area contributed by atoms with Crippen molar-refractivity contribution < 1.29 is 14.3 Å². The molecule has 0 saturated carbocycles. The van der Waals surface area contributed by atoms with Crippen LogP contribution in [0.3, 0.4) is 0 Å². The molecular formula is C20H43N5O3. The van der Waals surface area contributed by atoms with Crippen molar-refractivity contribution in [1.82, 2.24) is 21.3 Å². The van der Waals surface area contributed by atoms with Gasteiger partial charge in [-0.25, -0.2) is 4.79 Å². The maximum atomic E-state index is 11.8. The van der Waals surface area contributed by atoms with Crippen LogP contribution in [0, 0.1) is 0 Å². The average Bonchev–Trinajstić information content (AvgIpc) is 2.61. The van der Waals surface area contributed by atoms with Gasteiger partial charge in [0.1, 0.15) is 5.60 Å². The topological polar surface area (TPSA) is 118 Å². The van der Waals surface area contributed by atoms with Gasteiger partial charge in [0.2, 0.25) is 5.91 Å². The number of amides is 2. The van der Waals surface area contributed by atoms with Gasteiger partial charge in [-0.05, 0) is 85.6 Å². The fourth-order valence-electron chi connectivity index (χ4n) is 2.44. The first-order valence-corrected chi connectivity index (χ1v) is 10.7. The molecule has 0 saturated heterocycles. The molecule has 0 aliphatic heterocycles. The summed E-state index contributed by atoms with van der Waals surface area (Å²) in [5, 5.41) is 12.4. The second-order valence-corrected chi connectivity index (χ2v) is 7.94. The number of nitrogens with two attached hydrogens (primary N) is 1. The molecule has 0 fully saturated rings. The van der Waals surface area contributed by atoms with Crippen molar-refractivity contribution in [3.05, 3.63) is 0 Å². The lowest BCUT2D eigenvalue weighted by Gasteiger charge is -2.19. The summed E-state index contributed by atoms with van der Waals surface area (Å²) >= 11 is 0. The summed E-state index contributed by atoms with van der Waals surface area (Å²) in [4.78, 5) is 23.2. The Kier molecular flexibility index (Phi) is 16.8. The van der Waals surface area contributed by atoms with Gasteiger partial charge in [-0.2, -0.15) is 0 Å². The molecule has 0 aromatic heterocycles. The van der Waals surface area contributed by atoms with E-state index in [9.17, 15) is 9.59 Å². The second kappa shape index (κ2) is 17.7. The zero-order chi connectivity index (χ0) is 21.1. The first-order valence-electron chi connectivity index (χ1n) is 10.7. The SMILES string of the molecule is CC(C)(C)OC(=O)NCCCCCC(=O)NCCCNCCCNCCCN. The molecule has 0 aliphatic rings. The highest BCUT2D eigenvalue weighted by Gasteiger charge is 2.15. The molecule has 8 heteroatoms. The van der Waals surface area contributed by atoms with Crippen LogP contribution in [0.1, 0.15) is 65.7 Å². The highest BCUT2D eigenvalue weighted by molar-refractivity contribution is 5.75. The van der Waals surface area contributed by atoms with Gasteiger partial charge in [0.25, 0.3) is 0 Å². The van der Waals surface area contributed by atoms with Crippen LogP contribution >= 0.6 is 0 Å². The van der Waals surface area contributed by atoms with Crippen LogP contribution in [0.5, 0.6) is 0 Å². The highest BCUT2D eigenvalue weighted by Crippen LogP contribution is 2.06. The summed E-state index contributed by atoms with van der Waals surface area (Å²) in [5.74, 6) is 0.101. The molecule has 0 aromatic rings. The van der Waals surface area contributed by atoms with Crippen LogP contribution in [-0.2, 0) is 9.53 Å². The van der Waals surface area contributed by atoms with Crippen LogP contribution < -0.4 is 27.0 Å². The van der Waals surface area contributed by atoms with Crippen LogP contribution in [-0.4, -0.2) is 63.4 Å². The van der Waals surface area contributed by atoms with Crippen LogP contribution in [0.25, 0.3) is 0 Å². The molecule has 28 heavy (non-hydrogen) atoms. The van der Waals surface area contributed by atoms with E-state index in [-0.39, 0.29) is 12.0 Å². The second-order valence-electron chi connectivity index (χ2n) is 7.94. The van der Waals surface area contributed by atoms with E-state index in [1.165, 1.54) is 0 Å². The maximum Gasteiger partial charge on any atom is 0.407 e. The van der Waals surface area contributed by atoms with Gasteiger partial charge < -0.3 is 31.7 Å². The average molecular weight is 402 g/mol. The molecule has 0 radical (unpaired) electrons. The number of hydrogen-bond donors (Lipinski definition) is 5. The Bertz CT molecular complexity index is 400. The van der Waals surface area contributed by atoms with E-state index in [0.717, 1.165) is 71.2 Å². The lowest BCUT2D eigenvalue weighted by molar-refractivity contribution is -0.121. The van der Waals surface area contributed by atoms with E-state index in [1.54, 1.807) is 0 Å². The highest BCUT2D eigenvalue weighted by atomic mass is 16.6. The van der Waals surface area contributed by atoms with Crippen molar-refractivity contribution >= 4 is 12.0 Å². The molecule has 166 valence electrons. The number of alkyl carbamates (subject to hydrolysis) is 1. The lowest BCUT2D eigenvalue weighted by Crippen LogP contribution is -2.33. The Morgan fingerprint density at radius 1 is 0.750 bits per heavy atom. The quantitative estimate of drug-likeness (QED) is 0.236. The Morgan fingerprint density at radius 3 is 1.93 bits per heavy atom. The zero-order valence-corrected chi connectivity index (χ0v) is 18.2. The van der Waals surface area contributed by atoms with E-state index in [2.05, 4.69) is 21.3 Å². The normalized spacial score (nSPS) is 11.3. The molecule has 0 aliphatic carbocycles. The Morgan fingerprint density at radius 2 is 1.32 bits per heavy atom. The molecule has 0 rings (SSSR count). The Balaban J connectivity index is 3.31. The number of carbonyl (C=O) groups excluding carboxylic acids is 2. The van der Waals surface area contributed by atoms with Gasteiger partial charge in [-0.1, -0.05) is 6.42 Å². The van der Waals surface area contributed by atoms with Gasteiger partial charge in [-0.3, -0.25) is 4.79 Å². The number of hydrogen-bond acceptors (Lipinski definition) is 6. The van der Waals surface area contributed by atoms with E-state index in [4.69, 9.17) is 10.5 Å². The van der Waals surface area contributed by atoms with Gasteiger partial charge >= 0.3 is 6.09 Å². The lowest BCUT2D eigenvalue weighted by atomic mass is 10.2. The summed E-state index contributed by atoms with van der Waals surface area (Å²) in [6.45, 7) is 11.4. The molecule has 2 amide bonds. The van der Waals surface area contributed by atoms with E-state index in [0.29, 0.717) is 19.5 Å². The number of unbranched alkanes of at least 4 members (excludes halogenated alkanes) is 2. The number of ether oxygens (including phenoxy) is 1. The largest absolute Gasteiger partial charge is 0.444 e. The van der Waals surface area contributed by atoms with Crippen molar-refractivity contribution in [3.63, 3.8) is 0 Å². The number of rotatable bonds is 17. The first kappa shape index (κ1) is 26.6. The molecule has 8 nitrogen and oxygen atoms in total. The third kappa shape index (κ3) is 20.9. The van der Waals surface area contributed by atoms with Gasteiger partial charge in [0.15, 0.2) is 0 Å². The van der Waals surface area contributed by atoms with Crippen LogP contribution in [0.15, 0.2) is 0 Å². The van der Waals surface area contributed by atoms with Crippen LogP contribution in [0.2, 0.25) is 0 Å². The predicted octanol–water partition coefficient (Wildman–Crippen LogP) is 1.50. The fraction of sp³-hybridized carbons (Fsp3) is 0.900. The maximum absolute atomic E-state index is 11.8. The molecule has 0 bridgehead atoms. The standard InChI is InChI=1S/C20H43N5O3/c1-20(2,3)28-19(27)25-16-6-4-5-10-18(26)24-17-9-15-23-14-8-13-22-12-7-11-21/h22-23H,4-17,21H2,1-3H3,(H,24,26)(H,25,27). The van der Waals surface area contributed by atoms with E-state index < -0.39 is 5.60 Å². The summed E-state index contributed by atoms with van der Waals surface area (Å²) in [6.07, 6.45) is 5.79. The third-order valence-electron chi connectivity index (χ3n) is 3.87. The number of carbonyl (C=O) groups is 2. The smallest absolute Gasteiger partial charge is 0.407 e. The fourth-order valence-corrected chi connectivity index (χ4v) is 2.44. The Labute approximate surface area is 171 Å². The van der Waals surface area contributed by atoms with Gasteiger partial charge in [0.05, 0.1) is 0 Å². The summed E-state index contributed by atoms with van der Waals surface area (Å²) in [5.41, 5.74) is 4.96. The summed E-state index contributed by atoms with van der Waals surface area (Å²) in [7, 11) is 0. The summed E-state index contributed by atoms with van der Waals surface area (Å²) < 4.78 is 5.16. The van der Waals surface area contributed by atoms with Gasteiger partial charge in [0, 0.05) is 19.5 Å². The zero-order valence-electron chi connectivity index (χ0n) is 18.2. The van der Waals surface area contributed by atoms with Crippen LogP contribution in [0.4, 0.5) is 4.79 Å². The minimum atomic E-state index is -0.473. The van der Waals surface area contributed by atoms with Crippen molar-refractivity contribution in [1.29, 1.82) is 0 Å². The molecular weight excluding hydrogens is 358 g/mol. The molecule has 0 spiro atoms. The third-order valence-corrected chi connectivity index (χ3v) is 3.87. The van der Waals surface area contributed by atoms with Crippen molar-refractivity contribution in [2.75, 3.05) is 45.8 Å². The summed E-state index contributed by atoms with van der Waals surface area (Å²) in [6, 6.07) is 0. The van der Waals surface area contributed by atoms with Crippen molar-refractivity contribution in [2.24, 2.45) is 5.73 Å². The molecule has 0 unspecified atom stereocenters. The van der Waals surface area contributed by atoms with Crippen molar-refractivity contribution in [3.8, 4) is 0 Å². The van der Waals surface area contributed by atoms with E-state index in [1.807, 2.05) is 20.8 Å². The number of nitrogens with one attached hydrogen (secondary N) is 4. The minimum absolute atomic E-state index is 0.101. The first-order chi connectivity index (χ1) is 13.3. The molecule has 6 N–H and O–H groups in total. The Hall–Kier alpha value is -1.38. The minimum Gasteiger partial charge on any atom is -0.444 e. The molecule has 0 atom stereocenters. The molecule has 0 heterocycles. The van der Waals surface area contributed by atoms with Gasteiger partial charge in [-0.15, -0.1) is 0 Å². The monoisotopic (exact) mass is 401 g/mol. The van der Waals surface area contributed by atoms with E-state index >= 15 is 0 Å². The predicted molar refractivity (Wildman–Crippen MR) is 114 cm³/mol. The van der Waals surface area contributed by atoms with Crippen molar-refractivity contribution in [2.45, 2.75) is 71.3 Å².